The summed E-state index contributed by atoms with van der Waals surface area (Å²) < 4.78 is 30.3. The Bertz CT molecular complexity index is 708. The Kier molecular flexibility index (Phi) is 5.31. The van der Waals surface area contributed by atoms with E-state index in [9.17, 15) is 13.2 Å². The highest BCUT2D eigenvalue weighted by Gasteiger charge is 2.51. The van der Waals surface area contributed by atoms with E-state index in [-0.39, 0.29) is 5.91 Å². The lowest BCUT2D eigenvalue weighted by molar-refractivity contribution is -0.123. The Labute approximate surface area is 148 Å². The molecule has 7 nitrogen and oxygen atoms in total. The molecule has 1 aromatic carbocycles. The first-order valence-electron chi connectivity index (χ1n) is 8.56. The molecule has 0 atom stereocenters. The summed E-state index contributed by atoms with van der Waals surface area (Å²) in [5.74, 6) is 0.0598. The van der Waals surface area contributed by atoms with Gasteiger partial charge in [-0.1, -0.05) is 12.1 Å². The van der Waals surface area contributed by atoms with Crippen LogP contribution in [0.15, 0.2) is 24.3 Å². The molecular weight excluding hydrogens is 342 g/mol. The summed E-state index contributed by atoms with van der Waals surface area (Å²) in [5.41, 5.74) is 0.999. The number of anilines is 1. The fourth-order valence-corrected chi connectivity index (χ4v) is 3.73. The van der Waals surface area contributed by atoms with Crippen LogP contribution in [-0.2, 0) is 25.0 Å². The topological polar surface area (TPSA) is 87.7 Å². The summed E-state index contributed by atoms with van der Waals surface area (Å²) in [6.45, 7) is 4.81. The molecule has 0 aromatic heterocycles. The average Bonchev–Trinajstić information content (AvgIpc) is 3.37. The predicted molar refractivity (Wildman–Crippen MR) is 96.1 cm³/mol. The number of rotatable bonds is 7. The Balaban J connectivity index is 1.54. The Morgan fingerprint density at radius 1 is 1.20 bits per heavy atom. The summed E-state index contributed by atoms with van der Waals surface area (Å²) >= 11 is 0. The van der Waals surface area contributed by atoms with Crippen LogP contribution >= 0.6 is 0 Å². The van der Waals surface area contributed by atoms with Crippen molar-refractivity contribution in [1.29, 1.82) is 0 Å². The van der Waals surface area contributed by atoms with Gasteiger partial charge < -0.3 is 10.1 Å². The molecular formula is C17H25N3O4S. The number of morpholine rings is 1. The minimum absolute atomic E-state index is 0.0598. The summed E-state index contributed by atoms with van der Waals surface area (Å²) in [4.78, 5) is 14.9. The van der Waals surface area contributed by atoms with Gasteiger partial charge in [-0.15, -0.1) is 0 Å². The van der Waals surface area contributed by atoms with Crippen LogP contribution in [0.5, 0.6) is 0 Å². The van der Waals surface area contributed by atoms with E-state index in [4.69, 9.17) is 4.74 Å². The molecule has 1 aromatic rings. The van der Waals surface area contributed by atoms with Gasteiger partial charge in [0, 0.05) is 31.9 Å². The largest absolute Gasteiger partial charge is 0.379 e. The third-order valence-electron chi connectivity index (χ3n) is 4.74. The quantitative estimate of drug-likeness (QED) is 0.734. The van der Waals surface area contributed by atoms with Crippen molar-refractivity contribution in [3.63, 3.8) is 0 Å². The summed E-state index contributed by atoms with van der Waals surface area (Å²) in [7, 11) is -3.29. The van der Waals surface area contributed by atoms with Crippen molar-refractivity contribution in [3.8, 4) is 0 Å². The first-order valence-corrected chi connectivity index (χ1v) is 10.4. The van der Waals surface area contributed by atoms with Gasteiger partial charge in [0.15, 0.2) is 0 Å². The maximum atomic E-state index is 12.6. The van der Waals surface area contributed by atoms with Gasteiger partial charge in [-0.05, 0) is 30.5 Å². The van der Waals surface area contributed by atoms with E-state index in [1.807, 2.05) is 12.1 Å². The minimum atomic E-state index is -3.29. The van der Waals surface area contributed by atoms with E-state index in [0.717, 1.165) is 57.5 Å². The summed E-state index contributed by atoms with van der Waals surface area (Å²) in [6.07, 6.45) is 2.77. The third kappa shape index (κ3) is 4.71. The molecule has 0 spiro atoms. The fourth-order valence-electron chi connectivity index (χ4n) is 3.16. The van der Waals surface area contributed by atoms with Crippen molar-refractivity contribution in [2.24, 2.45) is 0 Å². The number of ether oxygens (including phenoxy) is 1. The van der Waals surface area contributed by atoms with Crippen molar-refractivity contribution in [3.05, 3.63) is 29.8 Å². The van der Waals surface area contributed by atoms with E-state index in [1.165, 1.54) is 0 Å². The van der Waals surface area contributed by atoms with Crippen LogP contribution < -0.4 is 10.0 Å². The van der Waals surface area contributed by atoms with Gasteiger partial charge in [0.1, 0.15) is 0 Å². The van der Waals surface area contributed by atoms with Gasteiger partial charge in [-0.2, -0.15) is 0 Å². The normalized spacial score (nSPS) is 20.0. The Hall–Kier alpha value is -1.64. The predicted octanol–water partition coefficient (Wildman–Crippen LogP) is 0.538. The van der Waals surface area contributed by atoms with Gasteiger partial charge >= 0.3 is 0 Å². The van der Waals surface area contributed by atoms with E-state index < -0.39 is 15.4 Å². The smallest absolute Gasteiger partial charge is 0.230 e. The van der Waals surface area contributed by atoms with E-state index in [0.29, 0.717) is 12.2 Å². The number of carbonyl (C=O) groups excluding carboxylic acids is 1. The molecule has 3 rings (SSSR count). The zero-order valence-electron chi connectivity index (χ0n) is 14.5. The highest BCUT2D eigenvalue weighted by atomic mass is 32.2. The monoisotopic (exact) mass is 367 g/mol. The highest BCUT2D eigenvalue weighted by Crippen LogP contribution is 2.48. The number of nitrogens with zero attached hydrogens (tertiary/aromatic N) is 1. The highest BCUT2D eigenvalue weighted by molar-refractivity contribution is 7.92. The fraction of sp³-hybridized carbons (Fsp3) is 0.588. The average molecular weight is 367 g/mol. The molecule has 1 amide bonds. The molecule has 2 fully saturated rings. The summed E-state index contributed by atoms with van der Waals surface area (Å²) in [5, 5.41) is 3.05. The molecule has 25 heavy (non-hydrogen) atoms. The molecule has 1 heterocycles. The molecule has 0 radical (unpaired) electrons. The standard InChI is InChI=1S/C17H25N3O4S/c1-25(22,23)19-15-4-2-14(3-5-15)17(6-7-17)16(21)18-8-9-20-10-12-24-13-11-20/h2-5,19H,6-13H2,1H3,(H,18,21). The number of hydrogen-bond donors (Lipinski definition) is 2. The van der Waals surface area contributed by atoms with Crippen LogP contribution in [0.1, 0.15) is 18.4 Å². The number of hydrogen-bond acceptors (Lipinski definition) is 5. The minimum Gasteiger partial charge on any atom is -0.379 e. The molecule has 8 heteroatoms. The molecule has 1 aliphatic carbocycles. The molecule has 138 valence electrons. The first kappa shape index (κ1) is 18.2. The van der Waals surface area contributed by atoms with Crippen LogP contribution in [-0.4, -0.2) is 64.9 Å². The van der Waals surface area contributed by atoms with Gasteiger partial charge in [0.05, 0.1) is 24.9 Å². The Morgan fingerprint density at radius 3 is 2.40 bits per heavy atom. The molecule has 0 unspecified atom stereocenters. The van der Waals surface area contributed by atoms with Crippen molar-refractivity contribution >= 4 is 21.6 Å². The number of nitrogens with one attached hydrogen (secondary N) is 2. The second kappa shape index (κ2) is 7.31. The second-order valence-electron chi connectivity index (χ2n) is 6.74. The van der Waals surface area contributed by atoms with Gasteiger partial charge in [-0.25, -0.2) is 8.42 Å². The molecule has 1 saturated carbocycles. The van der Waals surface area contributed by atoms with Crippen molar-refractivity contribution in [2.75, 3.05) is 50.4 Å². The third-order valence-corrected chi connectivity index (χ3v) is 5.35. The van der Waals surface area contributed by atoms with E-state index >= 15 is 0 Å². The molecule has 1 saturated heterocycles. The number of carbonyl (C=O) groups is 1. The van der Waals surface area contributed by atoms with Gasteiger partial charge in [0.2, 0.25) is 15.9 Å². The van der Waals surface area contributed by atoms with Crippen LogP contribution in [0.2, 0.25) is 0 Å². The van der Waals surface area contributed by atoms with Crippen LogP contribution in [0, 0.1) is 0 Å². The zero-order valence-corrected chi connectivity index (χ0v) is 15.3. The molecule has 0 bridgehead atoms. The lowest BCUT2D eigenvalue weighted by Gasteiger charge is -2.27. The van der Waals surface area contributed by atoms with Gasteiger partial charge in [0.25, 0.3) is 0 Å². The maximum absolute atomic E-state index is 12.6. The van der Waals surface area contributed by atoms with Gasteiger partial charge in [-0.3, -0.25) is 14.4 Å². The van der Waals surface area contributed by atoms with Crippen molar-refractivity contribution < 1.29 is 17.9 Å². The van der Waals surface area contributed by atoms with E-state index in [2.05, 4.69) is 14.9 Å². The van der Waals surface area contributed by atoms with Crippen LogP contribution in [0.25, 0.3) is 0 Å². The first-order chi connectivity index (χ1) is 11.9. The second-order valence-corrected chi connectivity index (χ2v) is 8.49. The Morgan fingerprint density at radius 2 is 1.84 bits per heavy atom. The lowest BCUT2D eigenvalue weighted by Crippen LogP contribution is -2.43. The molecule has 2 N–H and O–H groups in total. The van der Waals surface area contributed by atoms with Crippen molar-refractivity contribution in [1.82, 2.24) is 10.2 Å². The van der Waals surface area contributed by atoms with Crippen LogP contribution in [0.3, 0.4) is 0 Å². The molecule has 1 aliphatic heterocycles. The van der Waals surface area contributed by atoms with Crippen LogP contribution in [0.4, 0.5) is 5.69 Å². The number of benzene rings is 1. The van der Waals surface area contributed by atoms with E-state index in [1.54, 1.807) is 12.1 Å². The number of amides is 1. The lowest BCUT2D eigenvalue weighted by atomic mass is 9.95. The SMILES string of the molecule is CS(=O)(=O)Nc1ccc(C2(C(=O)NCCN3CCOCC3)CC2)cc1. The summed E-state index contributed by atoms with van der Waals surface area (Å²) in [6, 6.07) is 7.08. The number of sulfonamides is 1. The van der Waals surface area contributed by atoms with Crippen molar-refractivity contribution in [2.45, 2.75) is 18.3 Å². The molecule has 2 aliphatic rings. The maximum Gasteiger partial charge on any atom is 0.230 e. The zero-order chi connectivity index (χ0) is 17.9.